The van der Waals surface area contributed by atoms with E-state index in [1.807, 2.05) is 0 Å². The lowest BCUT2D eigenvalue weighted by molar-refractivity contribution is 0.0697. The van der Waals surface area contributed by atoms with E-state index in [4.69, 9.17) is 26.8 Å². The molecule has 1 aromatic heterocycles. The number of hydrogen-bond acceptors (Lipinski definition) is 5. The maximum Gasteiger partial charge on any atom is 0.335 e. The van der Waals surface area contributed by atoms with Crippen molar-refractivity contribution in [1.29, 1.82) is 0 Å². The van der Waals surface area contributed by atoms with E-state index in [9.17, 15) is 9.59 Å². The van der Waals surface area contributed by atoms with Crippen molar-refractivity contribution in [2.24, 2.45) is 0 Å². The number of aromatic carboxylic acids is 1. The summed E-state index contributed by atoms with van der Waals surface area (Å²) in [5, 5.41) is 9.40. The molecule has 3 aromatic rings. The summed E-state index contributed by atoms with van der Waals surface area (Å²) < 4.78 is 11.9. The Kier molecular flexibility index (Phi) is 4.28. The zero-order valence-electron chi connectivity index (χ0n) is 13.4. The Morgan fingerprint density at radius 3 is 2.56 bits per heavy atom. The van der Waals surface area contributed by atoms with Crippen LogP contribution in [0.2, 0.25) is 0 Å². The van der Waals surface area contributed by atoms with Gasteiger partial charge in [-0.15, -0.1) is 0 Å². The van der Waals surface area contributed by atoms with Crippen LogP contribution in [0.5, 0.6) is 11.5 Å². The number of carboxylic acid groups (broad SMARTS) is 1. The topological polar surface area (TPSA) is 93.5 Å². The second-order valence-corrected chi connectivity index (χ2v) is 5.56. The first-order valence-electron chi connectivity index (χ1n) is 7.21. The third-order valence-corrected chi connectivity index (χ3v) is 4.06. The van der Waals surface area contributed by atoms with Crippen LogP contribution in [0.1, 0.15) is 10.4 Å². The van der Waals surface area contributed by atoms with Gasteiger partial charge in [-0.25, -0.2) is 9.36 Å². The predicted octanol–water partition coefficient (Wildman–Crippen LogP) is 2.76. The SMILES string of the molecule is COc1ccc(-n2c(=S)[nH]c3cc(C(=O)O)ccc3c2=O)c(OC)c1. The average molecular weight is 358 g/mol. The molecule has 0 spiro atoms. The summed E-state index contributed by atoms with van der Waals surface area (Å²) in [5.74, 6) is -0.0832. The van der Waals surface area contributed by atoms with E-state index in [-0.39, 0.29) is 15.9 Å². The van der Waals surface area contributed by atoms with Gasteiger partial charge in [0.15, 0.2) is 4.77 Å². The van der Waals surface area contributed by atoms with Gasteiger partial charge in [-0.3, -0.25) is 4.79 Å². The van der Waals surface area contributed by atoms with Crippen molar-refractivity contribution in [3.05, 3.63) is 57.1 Å². The maximum atomic E-state index is 12.9. The predicted molar refractivity (Wildman–Crippen MR) is 94.8 cm³/mol. The minimum Gasteiger partial charge on any atom is -0.497 e. The van der Waals surface area contributed by atoms with Crippen molar-refractivity contribution in [3.8, 4) is 17.2 Å². The van der Waals surface area contributed by atoms with Gasteiger partial charge in [-0.05, 0) is 42.5 Å². The number of nitrogens with zero attached hydrogens (tertiary/aromatic N) is 1. The number of H-pyrrole nitrogens is 1. The number of aromatic nitrogens is 2. The number of nitrogens with one attached hydrogen (secondary N) is 1. The number of aromatic amines is 1. The van der Waals surface area contributed by atoms with Gasteiger partial charge in [0, 0.05) is 6.07 Å². The van der Waals surface area contributed by atoms with Crippen LogP contribution in [0, 0.1) is 4.77 Å². The molecule has 0 radical (unpaired) electrons. The minimum absolute atomic E-state index is 0.0670. The molecular formula is C17H14N2O5S. The van der Waals surface area contributed by atoms with Gasteiger partial charge in [0.05, 0.1) is 36.4 Å². The Labute approximate surface area is 147 Å². The first-order valence-corrected chi connectivity index (χ1v) is 7.62. The lowest BCUT2D eigenvalue weighted by Crippen LogP contribution is -2.21. The Morgan fingerprint density at radius 1 is 1.16 bits per heavy atom. The monoisotopic (exact) mass is 358 g/mol. The third kappa shape index (κ3) is 2.87. The molecule has 1 heterocycles. The lowest BCUT2D eigenvalue weighted by atomic mass is 10.1. The fourth-order valence-corrected chi connectivity index (χ4v) is 2.83. The molecule has 0 aliphatic rings. The van der Waals surface area contributed by atoms with E-state index in [2.05, 4.69) is 4.98 Å². The summed E-state index contributed by atoms with van der Waals surface area (Å²) in [6.45, 7) is 0. The summed E-state index contributed by atoms with van der Waals surface area (Å²) in [6.07, 6.45) is 0. The number of benzene rings is 2. The molecule has 0 saturated carbocycles. The van der Waals surface area contributed by atoms with Gasteiger partial charge < -0.3 is 19.6 Å². The van der Waals surface area contributed by atoms with Crippen molar-refractivity contribution in [2.45, 2.75) is 0 Å². The first kappa shape index (κ1) is 16.7. The molecule has 2 N–H and O–H groups in total. The third-order valence-electron chi connectivity index (χ3n) is 3.77. The van der Waals surface area contributed by atoms with Crippen molar-refractivity contribution in [3.63, 3.8) is 0 Å². The zero-order valence-corrected chi connectivity index (χ0v) is 14.2. The molecule has 2 aromatic carbocycles. The van der Waals surface area contributed by atoms with E-state index in [0.29, 0.717) is 28.1 Å². The van der Waals surface area contributed by atoms with Crippen molar-refractivity contribution in [1.82, 2.24) is 9.55 Å². The Hall–Kier alpha value is -3.13. The fourth-order valence-electron chi connectivity index (χ4n) is 2.54. The van der Waals surface area contributed by atoms with Gasteiger partial charge in [0.25, 0.3) is 5.56 Å². The number of rotatable bonds is 4. The number of methoxy groups -OCH3 is 2. The van der Waals surface area contributed by atoms with Crippen LogP contribution >= 0.6 is 12.2 Å². The van der Waals surface area contributed by atoms with Gasteiger partial charge >= 0.3 is 5.97 Å². The van der Waals surface area contributed by atoms with Gasteiger partial charge in [0.1, 0.15) is 11.5 Å². The van der Waals surface area contributed by atoms with Crippen molar-refractivity contribution >= 4 is 29.1 Å². The molecule has 25 heavy (non-hydrogen) atoms. The smallest absolute Gasteiger partial charge is 0.335 e. The number of hydrogen-bond donors (Lipinski definition) is 2. The molecule has 0 saturated heterocycles. The molecule has 8 heteroatoms. The number of carboxylic acids is 1. The van der Waals surface area contributed by atoms with Gasteiger partial charge in [0.2, 0.25) is 0 Å². The second-order valence-electron chi connectivity index (χ2n) is 5.17. The summed E-state index contributed by atoms with van der Waals surface area (Å²) in [4.78, 5) is 26.9. The van der Waals surface area contributed by atoms with Gasteiger partial charge in [-0.2, -0.15) is 0 Å². The Morgan fingerprint density at radius 2 is 1.92 bits per heavy atom. The molecule has 0 atom stereocenters. The highest BCUT2D eigenvalue weighted by Gasteiger charge is 2.14. The summed E-state index contributed by atoms with van der Waals surface area (Å²) in [6, 6.07) is 9.22. The van der Waals surface area contributed by atoms with E-state index in [1.165, 1.54) is 37.0 Å². The molecule has 0 bridgehead atoms. The summed E-state index contributed by atoms with van der Waals surface area (Å²) >= 11 is 5.30. The summed E-state index contributed by atoms with van der Waals surface area (Å²) in [5.41, 5.74) is 0.508. The molecular weight excluding hydrogens is 344 g/mol. The average Bonchev–Trinajstić information content (AvgIpc) is 2.61. The first-order chi connectivity index (χ1) is 12.0. The number of carbonyl (C=O) groups is 1. The Balaban J connectivity index is 2.31. The quantitative estimate of drug-likeness (QED) is 0.697. The number of fused-ring (bicyclic) bond motifs is 1. The maximum absolute atomic E-state index is 12.9. The minimum atomic E-state index is -1.08. The molecule has 128 valence electrons. The number of ether oxygens (including phenoxy) is 2. The molecule has 0 amide bonds. The summed E-state index contributed by atoms with van der Waals surface area (Å²) in [7, 11) is 3.01. The van der Waals surface area contributed by atoms with Gasteiger partial charge in [-0.1, -0.05) is 0 Å². The molecule has 0 fully saturated rings. The van der Waals surface area contributed by atoms with Crippen LogP contribution in [-0.2, 0) is 0 Å². The molecule has 0 unspecified atom stereocenters. The van der Waals surface area contributed by atoms with Crippen LogP contribution < -0.4 is 15.0 Å². The highest BCUT2D eigenvalue weighted by Crippen LogP contribution is 2.27. The molecule has 0 aliphatic heterocycles. The Bertz CT molecular complexity index is 1100. The van der Waals surface area contributed by atoms with E-state index < -0.39 is 5.97 Å². The second kappa shape index (κ2) is 6.40. The normalized spacial score (nSPS) is 10.6. The van der Waals surface area contributed by atoms with Crippen LogP contribution in [0.4, 0.5) is 0 Å². The molecule has 0 aliphatic carbocycles. The highest BCUT2D eigenvalue weighted by atomic mass is 32.1. The molecule has 7 nitrogen and oxygen atoms in total. The van der Waals surface area contributed by atoms with Crippen LogP contribution in [0.15, 0.2) is 41.2 Å². The van der Waals surface area contributed by atoms with Crippen molar-refractivity contribution < 1.29 is 19.4 Å². The van der Waals surface area contributed by atoms with Crippen molar-refractivity contribution in [2.75, 3.05) is 14.2 Å². The van der Waals surface area contributed by atoms with E-state index in [1.54, 1.807) is 18.2 Å². The van der Waals surface area contributed by atoms with E-state index in [0.717, 1.165) is 0 Å². The standard InChI is InChI=1S/C17H14N2O5S/c1-23-10-4-6-13(14(8-10)24-2)19-15(20)11-5-3-9(16(21)22)7-12(11)18-17(19)25/h3-8H,1-2H3,(H,18,25)(H,21,22). The van der Waals surface area contributed by atoms with Crippen LogP contribution in [0.3, 0.4) is 0 Å². The highest BCUT2D eigenvalue weighted by molar-refractivity contribution is 7.71. The molecule has 3 rings (SSSR count). The zero-order chi connectivity index (χ0) is 18.1. The van der Waals surface area contributed by atoms with Crippen LogP contribution in [0.25, 0.3) is 16.6 Å². The largest absolute Gasteiger partial charge is 0.497 e. The van der Waals surface area contributed by atoms with Crippen LogP contribution in [-0.4, -0.2) is 34.8 Å². The fraction of sp³-hybridized carbons (Fsp3) is 0.118. The lowest BCUT2D eigenvalue weighted by Gasteiger charge is -2.13. The van der Waals surface area contributed by atoms with E-state index >= 15 is 0 Å².